The van der Waals surface area contributed by atoms with Crippen LogP contribution in [-0.2, 0) is 0 Å². The molecule has 1 aromatic heterocycles. The van der Waals surface area contributed by atoms with Crippen molar-refractivity contribution in [3.63, 3.8) is 0 Å². The van der Waals surface area contributed by atoms with Crippen molar-refractivity contribution in [3.8, 4) is 28.7 Å². The summed E-state index contributed by atoms with van der Waals surface area (Å²) in [6.07, 6.45) is 2.88. The summed E-state index contributed by atoms with van der Waals surface area (Å²) in [5, 5.41) is 12.2. The van der Waals surface area contributed by atoms with Gasteiger partial charge in [0.1, 0.15) is 17.7 Å². The molecule has 0 aliphatic heterocycles. The molecule has 0 amide bonds. The van der Waals surface area contributed by atoms with Crippen molar-refractivity contribution in [1.29, 1.82) is 5.26 Å². The summed E-state index contributed by atoms with van der Waals surface area (Å²) in [4.78, 5) is 4.07. The zero-order chi connectivity index (χ0) is 19.4. The first-order valence-corrected chi connectivity index (χ1v) is 7.90. The number of nitrogens with zero attached hydrogens (tertiary/aromatic N) is 2. The minimum Gasteiger partial charge on any atom is -0.493 e. The zero-order valence-electron chi connectivity index (χ0n) is 14.6. The molecular weight excluding hydrogens is 352 g/mol. The number of aromatic nitrogens is 1. The van der Waals surface area contributed by atoms with Gasteiger partial charge >= 0.3 is 0 Å². The van der Waals surface area contributed by atoms with Gasteiger partial charge in [-0.25, -0.2) is 8.78 Å². The number of pyridine rings is 1. The fourth-order valence-electron chi connectivity index (χ4n) is 2.63. The molecule has 27 heavy (non-hydrogen) atoms. The maximum Gasteiger partial charge on any atom is 0.161 e. The van der Waals surface area contributed by atoms with Crippen LogP contribution in [-0.4, -0.2) is 19.2 Å². The average Bonchev–Trinajstić information content (AvgIpc) is 2.70. The second-order valence-electron chi connectivity index (χ2n) is 5.54. The molecule has 1 heterocycles. The maximum atomic E-state index is 14.1. The molecule has 0 aliphatic rings. The van der Waals surface area contributed by atoms with E-state index in [1.807, 2.05) is 6.07 Å². The topological polar surface area (TPSA) is 67.2 Å². The third-order valence-electron chi connectivity index (χ3n) is 3.95. The van der Waals surface area contributed by atoms with Crippen molar-refractivity contribution < 1.29 is 18.3 Å². The Morgan fingerprint density at radius 3 is 2.48 bits per heavy atom. The van der Waals surface area contributed by atoms with Crippen molar-refractivity contribution in [2.24, 2.45) is 0 Å². The predicted molar refractivity (Wildman–Crippen MR) is 97.1 cm³/mol. The Kier molecular flexibility index (Phi) is 5.18. The van der Waals surface area contributed by atoms with Crippen LogP contribution in [0.5, 0.6) is 11.5 Å². The lowest BCUT2D eigenvalue weighted by molar-refractivity contribution is 0.355. The summed E-state index contributed by atoms with van der Waals surface area (Å²) in [7, 11) is 3.03. The largest absolute Gasteiger partial charge is 0.493 e. The van der Waals surface area contributed by atoms with E-state index < -0.39 is 11.6 Å². The Morgan fingerprint density at radius 2 is 1.78 bits per heavy atom. The fourth-order valence-corrected chi connectivity index (χ4v) is 2.63. The van der Waals surface area contributed by atoms with Crippen molar-refractivity contribution >= 4 is 11.4 Å². The highest BCUT2D eigenvalue weighted by Crippen LogP contribution is 2.37. The van der Waals surface area contributed by atoms with Crippen molar-refractivity contribution in [2.75, 3.05) is 19.5 Å². The second kappa shape index (κ2) is 7.70. The lowest BCUT2D eigenvalue weighted by Gasteiger charge is -2.15. The number of rotatable bonds is 5. The van der Waals surface area contributed by atoms with Crippen LogP contribution < -0.4 is 14.8 Å². The number of methoxy groups -OCH3 is 2. The third kappa shape index (κ3) is 3.65. The molecule has 0 saturated heterocycles. The molecule has 0 unspecified atom stereocenters. The lowest BCUT2D eigenvalue weighted by Crippen LogP contribution is -2.01. The van der Waals surface area contributed by atoms with Crippen LogP contribution in [0.3, 0.4) is 0 Å². The minimum absolute atomic E-state index is 0.0839. The Morgan fingerprint density at radius 1 is 1.00 bits per heavy atom. The molecule has 136 valence electrons. The first kappa shape index (κ1) is 18.1. The molecule has 0 saturated carbocycles. The van der Waals surface area contributed by atoms with Crippen LogP contribution in [0.4, 0.5) is 20.2 Å². The van der Waals surface area contributed by atoms with Gasteiger partial charge in [-0.2, -0.15) is 5.26 Å². The number of hydrogen-bond donors (Lipinski definition) is 1. The normalized spacial score (nSPS) is 10.2. The molecule has 7 heteroatoms. The van der Waals surface area contributed by atoms with Gasteiger partial charge in [0.05, 0.1) is 31.2 Å². The number of anilines is 2. The minimum atomic E-state index is -0.643. The molecular formula is C20H15F2N3O2. The molecule has 0 fully saturated rings. The summed E-state index contributed by atoms with van der Waals surface area (Å²) < 4.78 is 38.1. The molecule has 0 bridgehead atoms. The number of nitrogens with one attached hydrogen (secondary N) is 1. The summed E-state index contributed by atoms with van der Waals surface area (Å²) in [5.41, 5.74) is 1.60. The van der Waals surface area contributed by atoms with Crippen molar-refractivity contribution in [3.05, 3.63) is 66.0 Å². The molecule has 2 aromatic carbocycles. The monoisotopic (exact) mass is 367 g/mol. The first-order valence-electron chi connectivity index (χ1n) is 7.90. The van der Waals surface area contributed by atoms with Gasteiger partial charge in [0.25, 0.3) is 0 Å². The van der Waals surface area contributed by atoms with E-state index in [2.05, 4.69) is 10.3 Å². The van der Waals surface area contributed by atoms with E-state index >= 15 is 0 Å². The van der Waals surface area contributed by atoms with Gasteiger partial charge in [0.2, 0.25) is 0 Å². The Hall–Kier alpha value is -3.66. The van der Waals surface area contributed by atoms with Gasteiger partial charge in [-0.3, -0.25) is 4.98 Å². The lowest BCUT2D eigenvalue weighted by atomic mass is 10.0. The van der Waals surface area contributed by atoms with Crippen LogP contribution in [0, 0.1) is 23.0 Å². The van der Waals surface area contributed by atoms with Crippen molar-refractivity contribution in [2.45, 2.75) is 0 Å². The van der Waals surface area contributed by atoms with E-state index in [0.717, 1.165) is 18.2 Å². The molecule has 0 radical (unpaired) electrons. The standard InChI is InChI=1S/C20H15F2N3O2/c1-26-18-6-3-12(7-19(18)27-2)15-11-24-10-13(9-23)20(15)25-17-8-14(21)4-5-16(17)22/h3-8,10-11H,1-2H3,(H,24,25). The molecule has 3 rings (SSSR count). The van der Waals surface area contributed by atoms with Gasteiger partial charge in [-0.05, 0) is 29.8 Å². The quantitative estimate of drug-likeness (QED) is 0.710. The number of benzene rings is 2. The van der Waals surface area contributed by atoms with E-state index in [-0.39, 0.29) is 11.3 Å². The third-order valence-corrected chi connectivity index (χ3v) is 3.95. The van der Waals surface area contributed by atoms with Gasteiger partial charge in [-0.15, -0.1) is 0 Å². The van der Waals surface area contributed by atoms with Crippen LogP contribution >= 0.6 is 0 Å². The van der Waals surface area contributed by atoms with E-state index in [0.29, 0.717) is 28.3 Å². The van der Waals surface area contributed by atoms with Gasteiger partial charge in [0, 0.05) is 24.0 Å². The Balaban J connectivity index is 2.15. The fraction of sp³-hybridized carbons (Fsp3) is 0.100. The molecule has 1 N–H and O–H groups in total. The van der Waals surface area contributed by atoms with Crippen molar-refractivity contribution in [1.82, 2.24) is 4.98 Å². The van der Waals surface area contributed by atoms with Crippen LogP contribution in [0.25, 0.3) is 11.1 Å². The highest BCUT2D eigenvalue weighted by Gasteiger charge is 2.15. The molecule has 0 aliphatic carbocycles. The summed E-state index contributed by atoms with van der Waals surface area (Å²) in [6, 6.07) is 10.3. The highest BCUT2D eigenvalue weighted by molar-refractivity contribution is 5.85. The molecule has 5 nitrogen and oxygen atoms in total. The highest BCUT2D eigenvalue weighted by atomic mass is 19.1. The van der Waals surface area contributed by atoms with Gasteiger partial charge < -0.3 is 14.8 Å². The van der Waals surface area contributed by atoms with E-state index in [4.69, 9.17) is 9.47 Å². The Labute approximate surface area is 154 Å². The van der Waals surface area contributed by atoms with Gasteiger partial charge in [-0.1, -0.05) is 6.07 Å². The van der Waals surface area contributed by atoms with E-state index in [9.17, 15) is 14.0 Å². The van der Waals surface area contributed by atoms with E-state index in [1.54, 1.807) is 18.2 Å². The number of hydrogen-bond acceptors (Lipinski definition) is 5. The number of nitriles is 1. The first-order chi connectivity index (χ1) is 13.1. The second-order valence-corrected chi connectivity index (χ2v) is 5.54. The summed E-state index contributed by atoms with van der Waals surface area (Å²) >= 11 is 0. The smallest absolute Gasteiger partial charge is 0.161 e. The SMILES string of the molecule is COc1ccc(-c2cncc(C#N)c2Nc2cc(F)ccc2F)cc1OC. The average molecular weight is 367 g/mol. The number of halogens is 2. The Bertz CT molecular complexity index is 1030. The van der Waals surface area contributed by atoms with Crippen LogP contribution in [0.15, 0.2) is 48.8 Å². The molecule has 0 spiro atoms. The van der Waals surface area contributed by atoms with Crippen LogP contribution in [0.2, 0.25) is 0 Å². The van der Waals surface area contributed by atoms with E-state index in [1.165, 1.54) is 26.6 Å². The zero-order valence-corrected chi connectivity index (χ0v) is 14.6. The number of ether oxygens (including phenoxy) is 2. The van der Waals surface area contributed by atoms with Gasteiger partial charge in [0.15, 0.2) is 11.5 Å². The van der Waals surface area contributed by atoms with Crippen LogP contribution in [0.1, 0.15) is 5.56 Å². The predicted octanol–water partition coefficient (Wildman–Crippen LogP) is 4.66. The summed E-state index contributed by atoms with van der Waals surface area (Å²) in [5.74, 6) is -0.217. The molecule has 3 aromatic rings. The summed E-state index contributed by atoms with van der Waals surface area (Å²) in [6.45, 7) is 0. The maximum absolute atomic E-state index is 14.1. The molecule has 0 atom stereocenters.